The molecular formula is C42H46F3N9O6. The second-order valence-corrected chi connectivity index (χ2v) is 16.0. The molecule has 2 N–H and O–H groups in total. The SMILES string of the molecule is COc1cc2nn(C3CCC(C(=O)N(C)C4CCN(Cc5cccc6c5n(C)c(=O)n6C5CCC(=O)NC5=O)CC4)CC3)cc2cc1NC(=O)c1cccc(C(F)(F)F)n1. The third-order valence-corrected chi connectivity index (χ3v) is 12.3. The molecule has 2 aliphatic heterocycles. The van der Waals surface area contributed by atoms with Crippen LogP contribution in [-0.4, -0.2) is 90.6 Å². The molecular weight excluding hydrogens is 784 g/mol. The third-order valence-electron chi connectivity index (χ3n) is 12.3. The van der Waals surface area contributed by atoms with Gasteiger partial charge in [-0.25, -0.2) is 9.78 Å². The quantitative estimate of drug-likeness (QED) is 0.190. The minimum absolute atomic E-state index is 0.0539. The van der Waals surface area contributed by atoms with Gasteiger partial charge in [0.25, 0.3) is 5.91 Å². The van der Waals surface area contributed by atoms with Crippen molar-refractivity contribution in [1.29, 1.82) is 0 Å². The van der Waals surface area contributed by atoms with Gasteiger partial charge < -0.3 is 15.0 Å². The van der Waals surface area contributed by atoms with Gasteiger partial charge in [-0.15, -0.1) is 0 Å². The molecule has 18 heteroatoms. The van der Waals surface area contributed by atoms with E-state index < -0.39 is 29.7 Å². The van der Waals surface area contributed by atoms with E-state index in [1.54, 1.807) is 23.7 Å². The second-order valence-electron chi connectivity index (χ2n) is 16.0. The van der Waals surface area contributed by atoms with Gasteiger partial charge >= 0.3 is 11.9 Å². The molecule has 0 bridgehead atoms. The number of imide groups is 1. The number of ether oxygens (including phenoxy) is 1. The Morgan fingerprint density at radius 2 is 1.72 bits per heavy atom. The zero-order valence-corrected chi connectivity index (χ0v) is 33.5. The minimum atomic E-state index is -4.69. The molecule has 3 fully saturated rings. The second kappa shape index (κ2) is 16.2. The molecule has 15 nitrogen and oxygen atoms in total. The van der Waals surface area contributed by atoms with Crippen LogP contribution in [-0.2, 0) is 34.2 Å². The molecule has 2 saturated heterocycles. The topological polar surface area (TPSA) is 166 Å². The molecule has 1 atom stereocenters. The molecule has 316 valence electrons. The summed E-state index contributed by atoms with van der Waals surface area (Å²) in [6.45, 7) is 2.16. The van der Waals surface area contributed by atoms with Crippen LogP contribution in [0.1, 0.15) is 85.2 Å². The van der Waals surface area contributed by atoms with Crippen LogP contribution in [0.2, 0.25) is 0 Å². The number of carbonyl (C=O) groups is 4. The summed E-state index contributed by atoms with van der Waals surface area (Å²) in [7, 11) is 5.03. The first-order chi connectivity index (χ1) is 28.7. The first-order valence-corrected chi connectivity index (χ1v) is 20.1. The van der Waals surface area contributed by atoms with E-state index in [1.165, 1.54) is 17.7 Å². The Hall–Kier alpha value is -6.04. The van der Waals surface area contributed by atoms with E-state index in [-0.39, 0.29) is 59.7 Å². The molecule has 1 aliphatic carbocycles. The summed E-state index contributed by atoms with van der Waals surface area (Å²) in [5, 5.41) is 10.5. The van der Waals surface area contributed by atoms with E-state index in [2.05, 4.69) is 20.5 Å². The number of amides is 4. The highest BCUT2D eigenvalue weighted by molar-refractivity contribution is 6.05. The van der Waals surface area contributed by atoms with Gasteiger partial charge in [0, 0.05) is 69.8 Å². The number of hydrogen-bond donors (Lipinski definition) is 2. The Morgan fingerprint density at radius 3 is 2.42 bits per heavy atom. The first-order valence-electron chi connectivity index (χ1n) is 20.1. The molecule has 1 saturated carbocycles. The lowest BCUT2D eigenvalue weighted by Gasteiger charge is -2.39. The van der Waals surface area contributed by atoms with Crippen molar-refractivity contribution in [2.45, 2.75) is 82.2 Å². The number of alkyl halides is 3. The van der Waals surface area contributed by atoms with Crippen molar-refractivity contribution < 1.29 is 37.1 Å². The number of aromatic nitrogens is 5. The van der Waals surface area contributed by atoms with Crippen LogP contribution in [0, 0.1) is 5.92 Å². The standard InChI is InChI=1S/C42H46F3N9O6/c1-50(27-16-18-52(19-17-27)22-25-6-4-8-32-37(25)51(2)41(59)54(32)33-14-15-36(55)48-39(33)57)40(58)24-10-12-28(13-11-24)53-23-26-20-31(34(60-3)21-30(26)49-53)47-38(56)29-7-5-9-35(46-29)42(43,44)45/h4-9,20-21,23-24,27-28,33H,10-19,22H2,1-3H3,(H,47,56)(H,48,55,57). The normalized spacial score (nSPS) is 20.7. The maximum absolute atomic E-state index is 13.8. The number of piperidine rings is 2. The van der Waals surface area contributed by atoms with Gasteiger partial charge in [0.1, 0.15) is 23.2 Å². The van der Waals surface area contributed by atoms with E-state index in [0.717, 1.165) is 62.0 Å². The van der Waals surface area contributed by atoms with Crippen LogP contribution in [0.3, 0.4) is 0 Å². The monoisotopic (exact) mass is 829 g/mol. The first kappa shape index (κ1) is 40.7. The number of nitrogens with one attached hydrogen (secondary N) is 2. The summed E-state index contributed by atoms with van der Waals surface area (Å²) in [5.41, 5.74) is 1.45. The van der Waals surface area contributed by atoms with Gasteiger partial charge in [0.05, 0.1) is 35.4 Å². The number of halogens is 3. The number of benzene rings is 2. The molecule has 60 heavy (non-hydrogen) atoms. The Balaban J connectivity index is 0.860. The molecule has 0 radical (unpaired) electrons. The number of imidazole rings is 1. The van der Waals surface area contributed by atoms with Gasteiger partial charge in [-0.3, -0.25) is 43.2 Å². The molecule has 2 aromatic carbocycles. The molecule has 4 amide bonds. The number of nitrogens with zero attached hydrogens (tertiary/aromatic N) is 7. The lowest BCUT2D eigenvalue weighted by molar-refractivity contribution is -0.141. The summed E-state index contributed by atoms with van der Waals surface area (Å²) >= 11 is 0. The summed E-state index contributed by atoms with van der Waals surface area (Å²) in [4.78, 5) is 72.3. The third kappa shape index (κ3) is 7.87. The zero-order chi connectivity index (χ0) is 42.5. The van der Waals surface area contributed by atoms with Crippen LogP contribution in [0.4, 0.5) is 18.9 Å². The predicted molar refractivity (Wildman–Crippen MR) is 214 cm³/mol. The van der Waals surface area contributed by atoms with Gasteiger partial charge in [-0.2, -0.15) is 18.3 Å². The minimum Gasteiger partial charge on any atom is -0.494 e. The smallest absolute Gasteiger partial charge is 0.433 e. The number of fused-ring (bicyclic) bond motifs is 2. The van der Waals surface area contributed by atoms with Gasteiger partial charge in [0.2, 0.25) is 17.7 Å². The highest BCUT2D eigenvalue weighted by Gasteiger charge is 2.36. The van der Waals surface area contributed by atoms with Gasteiger partial charge in [-0.1, -0.05) is 18.2 Å². The molecule has 5 aromatic rings. The maximum Gasteiger partial charge on any atom is 0.433 e. The number of hydrogen-bond acceptors (Lipinski definition) is 9. The van der Waals surface area contributed by atoms with Gasteiger partial charge in [-0.05, 0) is 74.8 Å². The fraction of sp³-hybridized carbons (Fsp3) is 0.452. The lowest BCUT2D eigenvalue weighted by atomic mass is 9.84. The number of pyridine rings is 1. The van der Waals surface area contributed by atoms with Crippen molar-refractivity contribution >= 4 is 51.3 Å². The molecule has 1 unspecified atom stereocenters. The van der Waals surface area contributed by atoms with Crippen molar-refractivity contribution in [1.82, 2.24) is 39.0 Å². The zero-order valence-electron chi connectivity index (χ0n) is 33.5. The average Bonchev–Trinajstić information content (AvgIpc) is 3.77. The highest BCUT2D eigenvalue weighted by Crippen LogP contribution is 2.37. The van der Waals surface area contributed by atoms with E-state index in [9.17, 15) is 37.1 Å². The number of likely N-dealkylation sites (tertiary alicyclic amines) is 1. The largest absolute Gasteiger partial charge is 0.494 e. The number of methoxy groups -OCH3 is 1. The number of anilines is 1. The Morgan fingerprint density at radius 1 is 0.983 bits per heavy atom. The average molecular weight is 830 g/mol. The van der Waals surface area contributed by atoms with Crippen LogP contribution >= 0.6 is 0 Å². The molecule has 8 rings (SSSR count). The number of carbonyl (C=O) groups excluding carboxylic acids is 4. The fourth-order valence-corrected chi connectivity index (χ4v) is 9.07. The number of aryl methyl sites for hydroxylation is 1. The Bertz CT molecular complexity index is 2550. The Labute approximate surface area is 342 Å². The molecule has 3 aromatic heterocycles. The summed E-state index contributed by atoms with van der Waals surface area (Å²) in [5.74, 6) is -1.27. The van der Waals surface area contributed by atoms with Crippen molar-refractivity contribution in [3.8, 4) is 5.75 Å². The van der Waals surface area contributed by atoms with Crippen LogP contribution in [0.15, 0.2) is 59.5 Å². The molecule has 5 heterocycles. The van der Waals surface area contributed by atoms with Crippen LogP contribution in [0.5, 0.6) is 5.75 Å². The van der Waals surface area contributed by atoms with E-state index >= 15 is 0 Å². The molecule has 3 aliphatic rings. The van der Waals surface area contributed by atoms with E-state index in [1.807, 2.05) is 41.0 Å². The number of para-hydroxylation sites is 1. The van der Waals surface area contributed by atoms with Crippen molar-refractivity contribution in [3.63, 3.8) is 0 Å². The van der Waals surface area contributed by atoms with E-state index in [4.69, 9.17) is 9.84 Å². The summed E-state index contributed by atoms with van der Waals surface area (Å²) in [6, 6.07) is 11.6. The highest BCUT2D eigenvalue weighted by atomic mass is 19.4. The Kier molecular flexibility index (Phi) is 11.0. The predicted octanol–water partition coefficient (Wildman–Crippen LogP) is 5.20. The van der Waals surface area contributed by atoms with Crippen LogP contribution in [0.25, 0.3) is 21.9 Å². The molecule has 0 spiro atoms. The lowest BCUT2D eigenvalue weighted by Crippen LogP contribution is -2.47. The fourth-order valence-electron chi connectivity index (χ4n) is 9.07. The summed E-state index contributed by atoms with van der Waals surface area (Å²) in [6.07, 6.45) is 2.17. The van der Waals surface area contributed by atoms with Crippen molar-refractivity contribution in [2.75, 3.05) is 32.6 Å². The number of rotatable bonds is 9. The summed E-state index contributed by atoms with van der Waals surface area (Å²) < 4.78 is 50.0. The maximum atomic E-state index is 13.8. The van der Waals surface area contributed by atoms with Crippen LogP contribution < -0.4 is 21.1 Å². The van der Waals surface area contributed by atoms with E-state index in [0.29, 0.717) is 41.6 Å². The van der Waals surface area contributed by atoms with Crippen molar-refractivity contribution in [3.05, 3.63) is 82.2 Å². The van der Waals surface area contributed by atoms with Crippen molar-refractivity contribution in [2.24, 2.45) is 13.0 Å². The van der Waals surface area contributed by atoms with Gasteiger partial charge in [0.15, 0.2) is 0 Å².